The molecule has 6 unspecified atom stereocenters. The van der Waals surface area contributed by atoms with Gasteiger partial charge in [-0.2, -0.15) is 5.10 Å². The Kier molecular flexibility index (Phi) is 19.6. The Hall–Kier alpha value is -3.47. The van der Waals surface area contributed by atoms with Crippen molar-refractivity contribution in [1.29, 1.82) is 0 Å². The van der Waals surface area contributed by atoms with Crippen LogP contribution in [0.1, 0.15) is 229 Å². The number of aromatic nitrogens is 3. The van der Waals surface area contributed by atoms with Gasteiger partial charge in [0.25, 0.3) is 0 Å². The first-order valence-corrected chi connectivity index (χ1v) is 25.7. The molecule has 1 saturated carbocycles. The predicted molar refractivity (Wildman–Crippen MR) is 267 cm³/mol. The third-order valence-electron chi connectivity index (χ3n) is 14.9. The molecule has 0 radical (unpaired) electrons. The van der Waals surface area contributed by atoms with Crippen molar-refractivity contribution in [3.63, 3.8) is 0 Å². The van der Waals surface area contributed by atoms with E-state index in [1.165, 1.54) is 57.1 Å². The van der Waals surface area contributed by atoms with Crippen molar-refractivity contribution in [3.8, 4) is 0 Å². The lowest BCUT2D eigenvalue weighted by Crippen LogP contribution is -2.49. The number of ether oxygens (including phenoxy) is 1. The number of carbonyl (C=O) groups excluding carboxylic acids is 1. The van der Waals surface area contributed by atoms with Crippen LogP contribution in [-0.2, 0) is 9.53 Å². The van der Waals surface area contributed by atoms with E-state index in [1.807, 2.05) is 0 Å². The summed E-state index contributed by atoms with van der Waals surface area (Å²) in [5, 5.41) is 5.14. The zero-order valence-electron chi connectivity index (χ0n) is 42.9. The van der Waals surface area contributed by atoms with E-state index in [2.05, 4.69) is 132 Å². The molecule has 2 aliphatic rings. The van der Waals surface area contributed by atoms with E-state index in [4.69, 9.17) is 26.4 Å². The molecule has 2 heterocycles. The summed E-state index contributed by atoms with van der Waals surface area (Å²) in [5.41, 5.74) is 3.47. The van der Waals surface area contributed by atoms with Crippen molar-refractivity contribution in [1.82, 2.24) is 14.8 Å². The molecule has 8 nitrogen and oxygen atoms in total. The Morgan fingerprint density at radius 2 is 1.41 bits per heavy atom. The number of aliphatic imine (C=N–C) groups is 1. The molecule has 2 aromatic rings. The van der Waals surface area contributed by atoms with E-state index in [1.54, 1.807) is 4.68 Å². The molecule has 1 fully saturated rings. The van der Waals surface area contributed by atoms with Crippen LogP contribution in [0.5, 0.6) is 0 Å². The number of esters is 1. The molecule has 1 aliphatic heterocycles. The molecule has 1 aromatic heterocycles. The zero-order valence-corrected chi connectivity index (χ0v) is 42.9. The van der Waals surface area contributed by atoms with Gasteiger partial charge in [-0.05, 0) is 103 Å². The Morgan fingerprint density at radius 1 is 0.857 bits per heavy atom. The zero-order chi connectivity index (χ0) is 46.6. The summed E-state index contributed by atoms with van der Waals surface area (Å²) in [6.07, 6.45) is 16.5. The second-order valence-electron chi connectivity index (χ2n) is 21.9. The summed E-state index contributed by atoms with van der Waals surface area (Å²) in [6.45, 7) is 44.9. The molecule has 0 bridgehead atoms. The van der Waals surface area contributed by atoms with Crippen LogP contribution in [0.15, 0.2) is 28.9 Å². The fraction of sp³-hybridized carbons (Fsp3) is 0.764. The maximum absolute atomic E-state index is 15.0. The van der Waals surface area contributed by atoms with Gasteiger partial charge >= 0.3 is 5.97 Å². The first-order chi connectivity index (χ1) is 29.9. The van der Waals surface area contributed by atoms with E-state index in [0.717, 1.165) is 69.3 Å². The normalized spacial score (nSPS) is 21.8. The van der Waals surface area contributed by atoms with Gasteiger partial charge in [-0.3, -0.25) is 0 Å². The molecular weight excluding hydrogens is 777 g/mol. The molecule has 8 heteroatoms. The van der Waals surface area contributed by atoms with Crippen LogP contribution >= 0.6 is 0 Å². The maximum Gasteiger partial charge on any atom is 0.331 e. The lowest BCUT2D eigenvalue weighted by molar-refractivity contribution is -0.162. The second-order valence-corrected chi connectivity index (χ2v) is 21.9. The summed E-state index contributed by atoms with van der Waals surface area (Å²) < 4.78 is 8.53. The smallest absolute Gasteiger partial charge is 0.331 e. The number of allylic oxidation sites excluding steroid dienone is 1. The first-order valence-electron chi connectivity index (χ1n) is 25.7. The Labute approximate surface area is 385 Å². The summed E-state index contributed by atoms with van der Waals surface area (Å²) in [4.78, 5) is 32.3. The monoisotopic (exact) mass is 867 g/mol. The SMILES string of the molecule is [C-]#[N+]C1=C(C(=O)OC2C(C(C)(C)C)CC(C)CC2C(C)(C)C)c2nc(C(CC)CCCC)nn2C1=Nc1ccc(N(CC(CC)CCCC)CC(CC)CCCC)cc1C(C)CC. The van der Waals surface area contributed by atoms with Crippen LogP contribution in [-0.4, -0.2) is 45.8 Å². The standard InChI is InChI=1S/C55H90N6O2/c1-17-24-27-39(21-5)35-60(36-40(22-6)28-25-18-2)42-30-31-46(43(34-42)38(9)20-4)57-52-48(56-16)47(51-58-50(59-61(51)52)41(23-7)29-26-19-3)53(62)63-49-44(54(10,11)12)32-37(8)33-45(49)55(13,14)15/h30-31,34,37-41,44-45,49H,17-29,32-33,35-36H2,1-15H3. The fourth-order valence-electron chi connectivity index (χ4n) is 10.4. The van der Waals surface area contributed by atoms with Crippen molar-refractivity contribution < 1.29 is 9.53 Å². The van der Waals surface area contributed by atoms with Gasteiger partial charge in [-0.25, -0.2) is 24.3 Å². The summed E-state index contributed by atoms with van der Waals surface area (Å²) in [7, 11) is 0. The van der Waals surface area contributed by atoms with Gasteiger partial charge < -0.3 is 9.64 Å². The van der Waals surface area contributed by atoms with Crippen LogP contribution < -0.4 is 4.90 Å². The average Bonchev–Trinajstić information content (AvgIpc) is 3.79. The van der Waals surface area contributed by atoms with Crippen molar-refractivity contribution in [2.24, 2.45) is 45.4 Å². The number of carbonyl (C=O) groups is 1. The average molecular weight is 867 g/mol. The van der Waals surface area contributed by atoms with Crippen molar-refractivity contribution in [2.45, 2.75) is 218 Å². The van der Waals surface area contributed by atoms with Gasteiger partial charge in [0.1, 0.15) is 11.7 Å². The molecular formula is C55H90N6O2. The van der Waals surface area contributed by atoms with E-state index in [9.17, 15) is 0 Å². The highest BCUT2D eigenvalue weighted by Crippen LogP contribution is 2.50. The number of rotatable bonds is 23. The lowest BCUT2D eigenvalue weighted by atomic mass is 9.59. The molecule has 0 saturated heterocycles. The highest BCUT2D eigenvalue weighted by Gasteiger charge is 2.49. The minimum Gasteiger partial charge on any atom is -0.459 e. The Balaban J connectivity index is 1.92. The Bertz CT molecular complexity index is 1830. The predicted octanol–water partition coefficient (Wildman–Crippen LogP) is 15.6. The van der Waals surface area contributed by atoms with Gasteiger partial charge in [0.2, 0.25) is 5.70 Å². The van der Waals surface area contributed by atoms with Gasteiger partial charge in [0, 0.05) is 36.5 Å². The number of anilines is 1. The minimum atomic E-state index is -0.480. The molecule has 0 N–H and O–H groups in total. The van der Waals surface area contributed by atoms with E-state index >= 15 is 4.79 Å². The number of nitrogens with zero attached hydrogens (tertiary/aromatic N) is 6. The topological polar surface area (TPSA) is 77.0 Å². The molecule has 352 valence electrons. The molecule has 1 aromatic carbocycles. The highest BCUT2D eigenvalue weighted by atomic mass is 16.5. The molecule has 6 atom stereocenters. The van der Waals surface area contributed by atoms with Crippen molar-refractivity contribution in [3.05, 3.63) is 52.5 Å². The molecule has 1 aliphatic carbocycles. The van der Waals surface area contributed by atoms with Crippen molar-refractivity contribution in [2.75, 3.05) is 18.0 Å². The molecule has 63 heavy (non-hydrogen) atoms. The number of unbranched alkanes of at least 4 members (excludes halogenated alkanes) is 3. The van der Waals surface area contributed by atoms with Crippen LogP contribution in [0.25, 0.3) is 10.4 Å². The summed E-state index contributed by atoms with van der Waals surface area (Å²) >= 11 is 0. The number of hydrogen-bond donors (Lipinski definition) is 0. The number of benzene rings is 1. The third-order valence-corrected chi connectivity index (χ3v) is 14.9. The van der Waals surface area contributed by atoms with Gasteiger partial charge in [0.15, 0.2) is 17.5 Å². The van der Waals surface area contributed by atoms with E-state index in [0.29, 0.717) is 35.2 Å². The highest BCUT2D eigenvalue weighted by molar-refractivity contribution is 6.29. The number of fused-ring (bicyclic) bond motifs is 1. The molecule has 0 spiro atoms. The summed E-state index contributed by atoms with van der Waals surface area (Å²) in [6, 6.07) is 6.80. The van der Waals surface area contributed by atoms with Gasteiger partial charge in [-0.1, -0.05) is 155 Å². The quantitative estimate of drug-likeness (QED) is 0.0821. The van der Waals surface area contributed by atoms with Crippen LogP contribution in [0.2, 0.25) is 0 Å². The lowest BCUT2D eigenvalue weighted by Gasteiger charge is -2.50. The van der Waals surface area contributed by atoms with Crippen LogP contribution in [0.3, 0.4) is 0 Å². The number of hydrogen-bond acceptors (Lipinski definition) is 6. The fourth-order valence-corrected chi connectivity index (χ4v) is 10.4. The van der Waals surface area contributed by atoms with Gasteiger partial charge in [-0.15, -0.1) is 0 Å². The minimum absolute atomic E-state index is 0.0721. The van der Waals surface area contributed by atoms with Crippen LogP contribution in [0, 0.1) is 47.0 Å². The molecule has 4 rings (SSSR count). The van der Waals surface area contributed by atoms with E-state index < -0.39 is 5.97 Å². The van der Waals surface area contributed by atoms with Crippen molar-refractivity contribution >= 4 is 28.8 Å². The maximum atomic E-state index is 15.0. The van der Waals surface area contributed by atoms with Crippen LogP contribution in [0.4, 0.5) is 11.4 Å². The second kappa shape index (κ2) is 23.6. The Morgan fingerprint density at radius 3 is 1.89 bits per heavy atom. The summed E-state index contributed by atoms with van der Waals surface area (Å²) in [5.74, 6) is 3.51. The first kappa shape index (κ1) is 52.2. The third kappa shape index (κ3) is 13.1. The largest absolute Gasteiger partial charge is 0.459 e. The van der Waals surface area contributed by atoms with E-state index in [-0.39, 0.29) is 51.9 Å². The molecule has 0 amide bonds. The van der Waals surface area contributed by atoms with Gasteiger partial charge in [0.05, 0.1) is 12.3 Å².